The van der Waals surface area contributed by atoms with E-state index in [0.717, 1.165) is 5.57 Å². The van der Waals surface area contributed by atoms with Crippen molar-refractivity contribution in [3.8, 4) is 0 Å². The van der Waals surface area contributed by atoms with Gasteiger partial charge in [0.15, 0.2) is 6.29 Å². The van der Waals surface area contributed by atoms with Crippen molar-refractivity contribution in [1.29, 1.82) is 0 Å². The number of fused-ring (bicyclic) bond motifs is 3. The van der Waals surface area contributed by atoms with Gasteiger partial charge in [0.2, 0.25) is 6.29 Å². The van der Waals surface area contributed by atoms with Gasteiger partial charge in [-0.25, -0.2) is 4.79 Å². The van der Waals surface area contributed by atoms with Crippen LogP contribution in [0.3, 0.4) is 0 Å². The molecule has 0 amide bonds. The topological polar surface area (TPSA) is 188 Å². The minimum atomic E-state index is -1.63. The number of ether oxygens (including phenoxy) is 5. The highest BCUT2D eigenvalue weighted by Crippen LogP contribution is 2.60. The van der Waals surface area contributed by atoms with Gasteiger partial charge in [-0.15, -0.1) is 0 Å². The van der Waals surface area contributed by atoms with Crippen molar-refractivity contribution in [1.82, 2.24) is 0 Å². The number of carbonyl (C=O) groups excluding carboxylic acids is 1. The zero-order valence-electron chi connectivity index (χ0n) is 20.8. The Balaban J connectivity index is 1.45. The second-order valence-corrected chi connectivity index (χ2v) is 9.95. The summed E-state index contributed by atoms with van der Waals surface area (Å²) in [6.07, 6.45) is -2.04. The first kappa shape index (κ1) is 28.1. The maximum atomic E-state index is 12.8. The minimum Gasteiger partial charge on any atom is -0.472 e. The molecule has 12 heteroatoms. The number of rotatable bonds is 10. The lowest BCUT2D eigenvalue weighted by Crippen LogP contribution is -2.60. The molecule has 3 heterocycles. The average Bonchev–Trinajstić information content (AvgIpc) is 3.56. The van der Waals surface area contributed by atoms with Gasteiger partial charge >= 0.3 is 5.97 Å². The molecule has 208 valence electrons. The zero-order valence-corrected chi connectivity index (χ0v) is 20.8. The predicted molar refractivity (Wildman–Crippen MR) is 124 cm³/mol. The molecule has 0 radical (unpaired) electrons. The average molecular weight is 529 g/mol. The third-order valence-corrected chi connectivity index (χ3v) is 7.59. The first-order valence-corrected chi connectivity index (χ1v) is 12.4. The highest BCUT2D eigenvalue weighted by molar-refractivity contribution is 5.88. The standard InChI is InChI=1S/C25H36O12/c1-12(6-8-26)4-3-5-13(2)22(32)35-20-14-7-9-33-23(16(14)25(11-28)21(20)37-25)36-24-19(31)18(30)17(29)15(10-27)34-24/h5-7,9,14-21,23-24,26-31H,3-4,8,10-11H2,1-2H3/b12-6+,13-5+/t14-,15+,16-,17+,18+,19+,20+,21+,23+,24+,25-/m1/s1. The molecule has 4 rings (SSSR count). The monoisotopic (exact) mass is 528 g/mol. The SMILES string of the molecule is C/C(=C\CO)CC/C=C(\C)C(=O)O[C@H]1[C@@H]2C=CO[C@@H](O[C@@H]3O[C@@H](CO)[C@H](O)[C@H](O)[C@@H]3O)[C@@H]2[C@@]2(CO)O[C@@H]12. The van der Waals surface area contributed by atoms with Crippen LogP contribution in [0.25, 0.3) is 0 Å². The van der Waals surface area contributed by atoms with Crippen LogP contribution in [0, 0.1) is 11.8 Å². The Hall–Kier alpha value is -1.87. The molecule has 12 nitrogen and oxygen atoms in total. The van der Waals surface area contributed by atoms with E-state index in [0.29, 0.717) is 18.4 Å². The van der Waals surface area contributed by atoms with E-state index in [1.54, 1.807) is 25.2 Å². The fraction of sp³-hybridized carbons (Fsp3) is 0.720. The van der Waals surface area contributed by atoms with E-state index in [4.69, 9.17) is 28.8 Å². The summed E-state index contributed by atoms with van der Waals surface area (Å²) in [5.74, 6) is -1.61. The van der Waals surface area contributed by atoms with Gasteiger partial charge in [0.05, 0.1) is 32.0 Å². The first-order valence-electron chi connectivity index (χ1n) is 12.4. The van der Waals surface area contributed by atoms with Crippen molar-refractivity contribution in [3.05, 3.63) is 35.6 Å². The number of esters is 1. The summed E-state index contributed by atoms with van der Waals surface area (Å²) in [6.45, 7) is 2.50. The number of aliphatic hydroxyl groups excluding tert-OH is 6. The molecule has 3 fully saturated rings. The summed E-state index contributed by atoms with van der Waals surface area (Å²) in [4.78, 5) is 12.8. The lowest BCUT2D eigenvalue weighted by molar-refractivity contribution is -0.344. The fourth-order valence-corrected chi connectivity index (χ4v) is 5.36. The van der Waals surface area contributed by atoms with Gasteiger partial charge in [-0.2, -0.15) is 0 Å². The fourth-order valence-electron chi connectivity index (χ4n) is 5.36. The van der Waals surface area contributed by atoms with Crippen molar-refractivity contribution in [2.24, 2.45) is 11.8 Å². The highest BCUT2D eigenvalue weighted by Gasteiger charge is 2.77. The molecular formula is C25H36O12. The van der Waals surface area contributed by atoms with Crippen molar-refractivity contribution < 1.29 is 59.1 Å². The normalized spacial score (nSPS) is 43.1. The number of allylic oxidation sites excluding steroid dienone is 2. The molecule has 11 atom stereocenters. The van der Waals surface area contributed by atoms with Crippen molar-refractivity contribution in [2.45, 2.75) is 81.5 Å². The van der Waals surface area contributed by atoms with E-state index in [-0.39, 0.29) is 6.61 Å². The summed E-state index contributed by atoms with van der Waals surface area (Å²) in [6, 6.07) is 0. The molecular weight excluding hydrogens is 492 g/mol. The van der Waals surface area contributed by atoms with Gasteiger partial charge in [0, 0.05) is 11.5 Å². The summed E-state index contributed by atoms with van der Waals surface area (Å²) >= 11 is 0. The van der Waals surface area contributed by atoms with E-state index < -0.39 is 85.8 Å². The number of aliphatic hydroxyl groups is 6. The Labute approximate surface area is 214 Å². The smallest absolute Gasteiger partial charge is 0.333 e. The number of epoxide rings is 1. The van der Waals surface area contributed by atoms with E-state index in [1.165, 1.54) is 6.26 Å². The van der Waals surface area contributed by atoms with Crippen LogP contribution in [-0.4, -0.2) is 111 Å². The molecule has 37 heavy (non-hydrogen) atoms. The molecule has 0 aromatic carbocycles. The van der Waals surface area contributed by atoms with E-state index in [2.05, 4.69) is 0 Å². The molecule has 3 aliphatic heterocycles. The molecule has 0 unspecified atom stereocenters. The minimum absolute atomic E-state index is 0.0346. The molecule has 0 aromatic rings. The quantitative estimate of drug-likeness (QED) is 0.0846. The second kappa shape index (κ2) is 11.5. The Morgan fingerprint density at radius 2 is 1.81 bits per heavy atom. The highest BCUT2D eigenvalue weighted by atomic mass is 16.8. The van der Waals surface area contributed by atoms with Gasteiger partial charge in [0.25, 0.3) is 0 Å². The summed E-state index contributed by atoms with van der Waals surface area (Å²) in [5, 5.41) is 59.1. The summed E-state index contributed by atoms with van der Waals surface area (Å²) in [7, 11) is 0. The van der Waals surface area contributed by atoms with Crippen LogP contribution in [0.4, 0.5) is 0 Å². The van der Waals surface area contributed by atoms with Crippen molar-refractivity contribution >= 4 is 5.97 Å². The molecule has 1 aliphatic carbocycles. The largest absolute Gasteiger partial charge is 0.472 e. The molecule has 1 saturated carbocycles. The number of hydrogen-bond acceptors (Lipinski definition) is 12. The lowest BCUT2D eigenvalue weighted by atomic mass is 9.85. The maximum Gasteiger partial charge on any atom is 0.333 e. The molecule has 0 aromatic heterocycles. The Morgan fingerprint density at radius 3 is 2.49 bits per heavy atom. The summed E-state index contributed by atoms with van der Waals surface area (Å²) < 4.78 is 28.5. The van der Waals surface area contributed by atoms with Crippen LogP contribution < -0.4 is 0 Å². The Morgan fingerprint density at radius 1 is 1.05 bits per heavy atom. The van der Waals surface area contributed by atoms with Gasteiger partial charge in [-0.1, -0.05) is 17.7 Å². The van der Waals surface area contributed by atoms with E-state index >= 15 is 0 Å². The molecule has 6 N–H and O–H groups in total. The Kier molecular flexibility index (Phi) is 8.73. The maximum absolute atomic E-state index is 12.8. The predicted octanol–water partition coefficient (Wildman–Crippen LogP) is -1.37. The van der Waals surface area contributed by atoms with Crippen LogP contribution in [-0.2, 0) is 28.5 Å². The third-order valence-electron chi connectivity index (χ3n) is 7.59. The van der Waals surface area contributed by atoms with E-state index in [1.807, 2.05) is 6.92 Å². The molecule has 0 bridgehead atoms. The lowest BCUT2D eigenvalue weighted by Gasteiger charge is -2.43. The Bertz CT molecular complexity index is 915. The van der Waals surface area contributed by atoms with Crippen molar-refractivity contribution in [3.63, 3.8) is 0 Å². The van der Waals surface area contributed by atoms with Gasteiger partial charge < -0.3 is 54.3 Å². The van der Waals surface area contributed by atoms with Crippen LogP contribution in [0.5, 0.6) is 0 Å². The van der Waals surface area contributed by atoms with Crippen molar-refractivity contribution in [2.75, 3.05) is 19.8 Å². The molecule has 2 saturated heterocycles. The first-order chi connectivity index (χ1) is 17.7. The molecule has 0 spiro atoms. The third kappa shape index (κ3) is 5.35. The molecule has 4 aliphatic rings. The van der Waals surface area contributed by atoms with Crippen LogP contribution in [0.1, 0.15) is 26.7 Å². The van der Waals surface area contributed by atoms with Crippen LogP contribution >= 0.6 is 0 Å². The van der Waals surface area contributed by atoms with Crippen LogP contribution in [0.2, 0.25) is 0 Å². The second-order valence-electron chi connectivity index (χ2n) is 9.95. The number of hydrogen-bond donors (Lipinski definition) is 6. The van der Waals surface area contributed by atoms with Gasteiger partial charge in [-0.05, 0) is 32.8 Å². The summed E-state index contributed by atoms with van der Waals surface area (Å²) in [5.41, 5.74) is 0.319. The van der Waals surface area contributed by atoms with Gasteiger partial charge in [-0.3, -0.25) is 0 Å². The zero-order chi connectivity index (χ0) is 26.9. The van der Waals surface area contributed by atoms with Gasteiger partial charge in [0.1, 0.15) is 42.2 Å². The van der Waals surface area contributed by atoms with Crippen LogP contribution in [0.15, 0.2) is 35.6 Å². The number of carbonyl (C=O) groups is 1. The van der Waals surface area contributed by atoms with E-state index in [9.17, 15) is 30.3 Å².